The molecule has 1 fully saturated rings. The van der Waals surface area contributed by atoms with E-state index in [1.165, 1.54) is 0 Å². The van der Waals surface area contributed by atoms with E-state index < -0.39 is 17.2 Å². The molecule has 0 bridgehead atoms. The van der Waals surface area contributed by atoms with Crippen LogP contribution in [0, 0.1) is 18.3 Å². The lowest BCUT2D eigenvalue weighted by Gasteiger charge is -2.29. The summed E-state index contributed by atoms with van der Waals surface area (Å²) in [5.74, 6) is 1.70. The maximum absolute atomic E-state index is 14.3. The summed E-state index contributed by atoms with van der Waals surface area (Å²) < 4.78 is 17.9. The van der Waals surface area contributed by atoms with Crippen molar-refractivity contribution in [3.8, 4) is 28.7 Å². The number of carbonyl (C=O) groups is 2. The van der Waals surface area contributed by atoms with Crippen molar-refractivity contribution in [2.24, 2.45) is 0 Å². The maximum Gasteiger partial charge on any atom is 0.408 e. The first-order chi connectivity index (χ1) is 23.4. The lowest BCUT2D eigenvalue weighted by Crippen LogP contribution is -2.47. The number of ether oxygens (including phenoxy) is 1. The Morgan fingerprint density at radius 3 is 2.41 bits per heavy atom. The highest BCUT2D eigenvalue weighted by molar-refractivity contribution is 5.97. The molecule has 49 heavy (non-hydrogen) atoms. The van der Waals surface area contributed by atoms with Crippen molar-refractivity contribution >= 4 is 12.0 Å². The van der Waals surface area contributed by atoms with E-state index in [1.807, 2.05) is 72.5 Å². The predicted octanol–water partition coefficient (Wildman–Crippen LogP) is 8.14. The van der Waals surface area contributed by atoms with Crippen LogP contribution in [0.15, 0.2) is 93.8 Å². The summed E-state index contributed by atoms with van der Waals surface area (Å²) in [5, 5.41) is 21.7. The van der Waals surface area contributed by atoms with Crippen LogP contribution in [-0.2, 0) is 16.7 Å². The number of nitrogens with zero attached hydrogens (tertiary/aromatic N) is 4. The summed E-state index contributed by atoms with van der Waals surface area (Å²) in [6.45, 7) is 9.66. The summed E-state index contributed by atoms with van der Waals surface area (Å²) in [6.07, 6.45) is 1.36. The molecule has 1 N–H and O–H groups in total. The first-order valence-electron chi connectivity index (χ1n) is 16.3. The highest BCUT2D eigenvalue weighted by atomic mass is 16.6. The Morgan fingerprint density at radius 1 is 0.959 bits per heavy atom. The summed E-state index contributed by atoms with van der Waals surface area (Å²) in [5.41, 5.74) is 1.78. The second kappa shape index (κ2) is 13.4. The van der Waals surface area contributed by atoms with E-state index in [0.29, 0.717) is 40.8 Å². The zero-order valence-electron chi connectivity index (χ0n) is 28.3. The fourth-order valence-corrected chi connectivity index (χ4v) is 6.24. The third-order valence-corrected chi connectivity index (χ3v) is 8.46. The van der Waals surface area contributed by atoms with Gasteiger partial charge < -0.3 is 23.8 Å². The highest BCUT2D eigenvalue weighted by Gasteiger charge is 2.37. The number of nitriles is 1. The van der Waals surface area contributed by atoms with Gasteiger partial charge in [0, 0.05) is 24.1 Å². The second-order valence-corrected chi connectivity index (χ2v) is 13.6. The first-order valence-corrected chi connectivity index (χ1v) is 16.3. The number of benzene rings is 3. The molecule has 6 rings (SSSR count). The van der Waals surface area contributed by atoms with Crippen LogP contribution in [0.5, 0.6) is 0 Å². The quantitative estimate of drug-likeness (QED) is 0.177. The molecule has 1 aliphatic rings. The molecular weight excluding hydrogens is 618 g/mol. The van der Waals surface area contributed by atoms with Gasteiger partial charge in [-0.1, -0.05) is 48.5 Å². The Balaban J connectivity index is 1.41. The van der Waals surface area contributed by atoms with Crippen molar-refractivity contribution in [3.05, 3.63) is 119 Å². The summed E-state index contributed by atoms with van der Waals surface area (Å²) in [6, 6.07) is 28.2. The van der Waals surface area contributed by atoms with E-state index in [9.17, 15) is 14.9 Å². The number of nitrogens with one attached hydrogen (secondary N) is 1. The molecule has 2 unspecified atom stereocenters. The molecule has 3 heterocycles. The van der Waals surface area contributed by atoms with Crippen LogP contribution in [-0.4, -0.2) is 39.2 Å². The average molecular weight is 658 g/mol. The molecular formula is C39H39N5O5. The van der Waals surface area contributed by atoms with E-state index in [4.69, 9.17) is 13.6 Å². The van der Waals surface area contributed by atoms with Crippen LogP contribution >= 0.6 is 0 Å². The number of furan rings is 1. The van der Waals surface area contributed by atoms with Gasteiger partial charge >= 0.3 is 6.09 Å². The molecule has 5 aromatic rings. The lowest BCUT2D eigenvalue weighted by molar-refractivity contribution is 0.0443. The minimum absolute atomic E-state index is 0.158. The Labute approximate surface area is 285 Å². The molecule has 10 nitrogen and oxygen atoms in total. The zero-order chi connectivity index (χ0) is 34.8. The smallest absolute Gasteiger partial charge is 0.408 e. The summed E-state index contributed by atoms with van der Waals surface area (Å²) in [4.78, 5) is 29.1. The predicted molar refractivity (Wildman–Crippen MR) is 183 cm³/mol. The molecule has 2 atom stereocenters. The molecule has 3 aromatic carbocycles. The fourth-order valence-electron chi connectivity index (χ4n) is 6.24. The summed E-state index contributed by atoms with van der Waals surface area (Å²) >= 11 is 0. The van der Waals surface area contributed by atoms with Gasteiger partial charge in [0.1, 0.15) is 22.7 Å². The van der Waals surface area contributed by atoms with Crippen molar-refractivity contribution in [2.45, 2.75) is 71.1 Å². The minimum atomic E-state index is -1.14. The number of hydrogen-bond donors (Lipinski definition) is 1. The molecule has 1 aliphatic heterocycles. The first kappa shape index (κ1) is 33.2. The van der Waals surface area contributed by atoms with E-state index in [-0.39, 0.29) is 23.7 Å². The Hall–Kier alpha value is -5.69. The molecule has 0 saturated carbocycles. The van der Waals surface area contributed by atoms with Gasteiger partial charge in [-0.25, -0.2) is 4.79 Å². The second-order valence-electron chi connectivity index (χ2n) is 13.6. The Kier molecular flexibility index (Phi) is 9.11. The molecule has 10 heteroatoms. The fraction of sp³-hybridized carbons (Fsp3) is 0.308. The van der Waals surface area contributed by atoms with Gasteiger partial charge in [-0.05, 0) is 101 Å². The van der Waals surface area contributed by atoms with Gasteiger partial charge in [0.15, 0.2) is 0 Å². The number of amides is 2. The van der Waals surface area contributed by atoms with Crippen LogP contribution < -0.4 is 5.32 Å². The number of likely N-dealkylation sites (tertiary alicyclic amines) is 1. The largest absolute Gasteiger partial charge is 0.464 e. The Morgan fingerprint density at radius 2 is 1.69 bits per heavy atom. The van der Waals surface area contributed by atoms with Crippen LogP contribution in [0.1, 0.15) is 85.5 Å². The molecule has 0 spiro atoms. The van der Waals surface area contributed by atoms with Crippen molar-refractivity contribution in [2.75, 3.05) is 6.54 Å². The van der Waals surface area contributed by atoms with Crippen LogP contribution in [0.4, 0.5) is 4.79 Å². The van der Waals surface area contributed by atoms with Gasteiger partial charge in [0.2, 0.25) is 11.8 Å². The highest BCUT2D eigenvalue weighted by Crippen LogP contribution is 2.37. The van der Waals surface area contributed by atoms with E-state index in [2.05, 4.69) is 21.6 Å². The molecule has 2 aromatic heterocycles. The number of carbonyl (C=O) groups excluding carboxylic acids is 2. The number of hydrogen-bond acceptors (Lipinski definition) is 8. The van der Waals surface area contributed by atoms with Crippen molar-refractivity contribution in [3.63, 3.8) is 0 Å². The van der Waals surface area contributed by atoms with Gasteiger partial charge in [-0.15, -0.1) is 10.2 Å². The molecule has 0 radical (unpaired) electrons. The van der Waals surface area contributed by atoms with Crippen LogP contribution in [0.2, 0.25) is 0 Å². The van der Waals surface area contributed by atoms with E-state index in [1.54, 1.807) is 52.0 Å². The Bertz CT molecular complexity index is 2020. The number of aryl methyl sites for hydroxylation is 1. The lowest BCUT2D eigenvalue weighted by atomic mass is 9.92. The monoisotopic (exact) mass is 657 g/mol. The van der Waals surface area contributed by atoms with Crippen molar-refractivity contribution in [1.82, 2.24) is 20.4 Å². The van der Waals surface area contributed by atoms with Gasteiger partial charge in [-0.3, -0.25) is 4.79 Å². The molecule has 0 aliphatic carbocycles. The van der Waals surface area contributed by atoms with Crippen LogP contribution in [0.3, 0.4) is 0 Å². The molecule has 2 amide bonds. The zero-order valence-corrected chi connectivity index (χ0v) is 28.3. The topological polar surface area (TPSA) is 134 Å². The normalized spacial score (nSPS) is 15.8. The minimum Gasteiger partial charge on any atom is -0.464 e. The van der Waals surface area contributed by atoms with Crippen molar-refractivity contribution < 1.29 is 23.2 Å². The van der Waals surface area contributed by atoms with Crippen molar-refractivity contribution in [1.29, 1.82) is 5.26 Å². The standard InChI is InChI=1S/C39H39N5O5/c1-25-17-18-33(47-25)32-16-11-19-44(32)35(45)30-21-28(31-15-10-9-14-27(31)24-40)20-29(22-30)34-42-43-36(48-34)39(5,23-26-12-7-6-8-13-26)41-37(46)49-38(2,3)4/h6-10,12-15,17-18,20-22,32H,11,16,19,23H2,1-5H3,(H,41,46). The number of rotatable bonds is 8. The number of alkyl carbamates (subject to hydrolysis) is 1. The molecule has 1 saturated heterocycles. The summed E-state index contributed by atoms with van der Waals surface area (Å²) in [7, 11) is 0. The van der Waals surface area contributed by atoms with Gasteiger partial charge in [0.25, 0.3) is 5.91 Å². The van der Waals surface area contributed by atoms with Gasteiger partial charge in [-0.2, -0.15) is 5.26 Å². The third kappa shape index (κ3) is 7.41. The van der Waals surface area contributed by atoms with Gasteiger partial charge in [0.05, 0.1) is 17.7 Å². The van der Waals surface area contributed by atoms with E-state index >= 15 is 0 Å². The molecule has 250 valence electrons. The maximum atomic E-state index is 14.3. The average Bonchev–Trinajstić information content (AvgIpc) is 3.85. The third-order valence-electron chi connectivity index (χ3n) is 8.46. The van der Waals surface area contributed by atoms with Crippen LogP contribution in [0.25, 0.3) is 22.6 Å². The SMILES string of the molecule is Cc1ccc(C2CCCN2C(=O)c2cc(-c3nnc(C(C)(Cc4ccccc4)NC(=O)OC(C)(C)C)o3)cc(-c3ccccc3C#N)c2)o1. The van der Waals surface area contributed by atoms with E-state index in [0.717, 1.165) is 29.9 Å². The number of aromatic nitrogens is 2.